The zero-order chi connectivity index (χ0) is 11.1. The van der Waals surface area contributed by atoms with Crippen LogP contribution in [0.5, 0.6) is 5.75 Å². The third kappa shape index (κ3) is 1.69. The molecule has 80 valence electrons. The maximum absolute atomic E-state index is 11.8. The van der Waals surface area contributed by atoms with Crippen molar-refractivity contribution in [3.63, 3.8) is 0 Å². The third-order valence-electron chi connectivity index (χ3n) is 2.86. The molecule has 0 atom stereocenters. The molecule has 0 unspecified atom stereocenters. The predicted molar refractivity (Wildman–Crippen MR) is 57.6 cm³/mol. The molecule has 0 saturated heterocycles. The van der Waals surface area contributed by atoms with Gasteiger partial charge in [0.2, 0.25) is 5.91 Å². The van der Waals surface area contributed by atoms with Crippen molar-refractivity contribution < 1.29 is 9.53 Å². The van der Waals surface area contributed by atoms with E-state index in [1.54, 1.807) is 11.9 Å². The van der Waals surface area contributed by atoms with Gasteiger partial charge in [-0.1, -0.05) is 18.2 Å². The van der Waals surface area contributed by atoms with Crippen LogP contribution >= 0.6 is 0 Å². The third-order valence-corrected chi connectivity index (χ3v) is 2.86. The number of carbonyl (C=O) groups is 1. The van der Waals surface area contributed by atoms with Crippen LogP contribution in [0.2, 0.25) is 0 Å². The summed E-state index contributed by atoms with van der Waals surface area (Å²) in [7, 11) is 1.77. The lowest BCUT2D eigenvalue weighted by Gasteiger charge is -2.33. The molecule has 1 heterocycles. The van der Waals surface area contributed by atoms with Crippen LogP contribution < -0.4 is 4.74 Å². The predicted octanol–water partition coefficient (Wildman–Crippen LogP) is 1.82. The van der Waals surface area contributed by atoms with Crippen LogP contribution in [0.25, 0.3) is 0 Å². The van der Waals surface area contributed by atoms with Gasteiger partial charge in [-0.3, -0.25) is 4.79 Å². The summed E-state index contributed by atoms with van der Waals surface area (Å²) in [5.74, 6) is 0.894. The number of ether oxygens (including phenoxy) is 1. The fourth-order valence-electron chi connectivity index (χ4n) is 1.67. The number of nitrogens with zero attached hydrogens (tertiary/aromatic N) is 1. The summed E-state index contributed by atoms with van der Waals surface area (Å²) >= 11 is 0. The Morgan fingerprint density at radius 1 is 1.33 bits per heavy atom. The highest BCUT2D eigenvalue weighted by molar-refractivity contribution is 5.80. The molecular weight excluding hydrogens is 190 g/mol. The Morgan fingerprint density at radius 2 is 2.00 bits per heavy atom. The van der Waals surface area contributed by atoms with Gasteiger partial charge in [0.05, 0.1) is 6.42 Å². The monoisotopic (exact) mass is 205 g/mol. The lowest BCUT2D eigenvalue weighted by Crippen LogP contribution is -2.48. The van der Waals surface area contributed by atoms with E-state index in [-0.39, 0.29) is 5.91 Å². The van der Waals surface area contributed by atoms with Crippen LogP contribution in [0, 0.1) is 0 Å². The van der Waals surface area contributed by atoms with E-state index in [0.717, 1.165) is 11.3 Å². The van der Waals surface area contributed by atoms with E-state index in [4.69, 9.17) is 4.74 Å². The number of amides is 1. The first-order valence-electron chi connectivity index (χ1n) is 5.04. The molecule has 0 saturated carbocycles. The highest BCUT2D eigenvalue weighted by atomic mass is 16.5. The van der Waals surface area contributed by atoms with Crippen molar-refractivity contribution in [3.05, 3.63) is 29.8 Å². The van der Waals surface area contributed by atoms with Crippen LogP contribution in [0.3, 0.4) is 0 Å². The Labute approximate surface area is 89.7 Å². The molecule has 3 nitrogen and oxygen atoms in total. The molecule has 1 aliphatic rings. The van der Waals surface area contributed by atoms with Crippen molar-refractivity contribution in [1.29, 1.82) is 0 Å². The van der Waals surface area contributed by atoms with Crippen molar-refractivity contribution in [3.8, 4) is 5.75 Å². The summed E-state index contributed by atoms with van der Waals surface area (Å²) in [6.07, 6.45) is 0.413. The molecule has 1 aromatic rings. The van der Waals surface area contributed by atoms with E-state index in [9.17, 15) is 4.79 Å². The number of para-hydroxylation sites is 1. The van der Waals surface area contributed by atoms with Gasteiger partial charge in [-0.25, -0.2) is 0 Å². The zero-order valence-electron chi connectivity index (χ0n) is 9.28. The smallest absolute Gasteiger partial charge is 0.229 e. The highest BCUT2D eigenvalue weighted by Gasteiger charge is 2.33. The summed E-state index contributed by atoms with van der Waals surface area (Å²) in [6, 6.07) is 7.69. The van der Waals surface area contributed by atoms with Crippen molar-refractivity contribution in [1.82, 2.24) is 4.90 Å². The minimum absolute atomic E-state index is 0.0879. The van der Waals surface area contributed by atoms with Crippen LogP contribution in [-0.4, -0.2) is 23.6 Å². The van der Waals surface area contributed by atoms with E-state index in [2.05, 4.69) is 0 Å². The molecule has 1 aromatic carbocycles. The number of fused-ring (bicyclic) bond motifs is 1. The minimum atomic E-state index is -0.580. The molecule has 0 bridgehead atoms. The molecule has 0 fully saturated rings. The first-order valence-corrected chi connectivity index (χ1v) is 5.04. The van der Waals surface area contributed by atoms with Crippen molar-refractivity contribution in [2.45, 2.75) is 26.0 Å². The Hall–Kier alpha value is -1.51. The second-order valence-corrected chi connectivity index (χ2v) is 4.29. The van der Waals surface area contributed by atoms with Crippen LogP contribution in [0.15, 0.2) is 24.3 Å². The van der Waals surface area contributed by atoms with E-state index >= 15 is 0 Å². The van der Waals surface area contributed by atoms with E-state index < -0.39 is 5.72 Å². The Bertz CT molecular complexity index is 398. The van der Waals surface area contributed by atoms with E-state index in [1.807, 2.05) is 38.1 Å². The number of carbonyl (C=O) groups excluding carboxylic acids is 1. The normalized spacial score (nSPS) is 19.1. The number of hydrogen-bond acceptors (Lipinski definition) is 2. The Morgan fingerprint density at radius 3 is 2.73 bits per heavy atom. The van der Waals surface area contributed by atoms with E-state index in [1.165, 1.54) is 0 Å². The molecule has 0 radical (unpaired) electrons. The van der Waals surface area contributed by atoms with Gasteiger partial charge in [-0.2, -0.15) is 0 Å². The number of rotatable bonds is 0. The summed E-state index contributed by atoms with van der Waals surface area (Å²) in [5, 5.41) is 0. The molecule has 0 aromatic heterocycles. The molecule has 0 aliphatic carbocycles. The van der Waals surface area contributed by atoms with Gasteiger partial charge < -0.3 is 9.64 Å². The summed E-state index contributed by atoms with van der Waals surface area (Å²) < 4.78 is 5.83. The number of benzene rings is 1. The second-order valence-electron chi connectivity index (χ2n) is 4.29. The first kappa shape index (κ1) is 10.0. The molecule has 1 amide bonds. The van der Waals surface area contributed by atoms with Gasteiger partial charge >= 0.3 is 0 Å². The molecule has 3 heteroatoms. The van der Waals surface area contributed by atoms with Crippen LogP contribution in [0.1, 0.15) is 19.4 Å². The van der Waals surface area contributed by atoms with Gasteiger partial charge in [0.1, 0.15) is 5.75 Å². The molecule has 0 spiro atoms. The number of hydrogen-bond donors (Lipinski definition) is 0. The summed E-state index contributed by atoms with van der Waals surface area (Å²) in [4.78, 5) is 13.5. The zero-order valence-corrected chi connectivity index (χ0v) is 9.28. The largest absolute Gasteiger partial charge is 0.468 e. The second kappa shape index (κ2) is 3.26. The molecule has 1 aliphatic heterocycles. The lowest BCUT2D eigenvalue weighted by atomic mass is 10.1. The maximum atomic E-state index is 11.8. The van der Waals surface area contributed by atoms with Crippen molar-refractivity contribution in [2.75, 3.05) is 7.05 Å². The quantitative estimate of drug-likeness (QED) is 0.646. The van der Waals surface area contributed by atoms with Gasteiger partial charge in [0.25, 0.3) is 0 Å². The molecule has 0 N–H and O–H groups in total. The van der Waals surface area contributed by atoms with Crippen molar-refractivity contribution in [2.24, 2.45) is 0 Å². The molecular formula is C12H15NO2. The SMILES string of the molecule is CN1C(=O)Cc2ccccc2OC1(C)C. The summed E-state index contributed by atoms with van der Waals surface area (Å²) in [6.45, 7) is 3.79. The Kier molecular flexibility index (Phi) is 2.18. The summed E-state index contributed by atoms with van der Waals surface area (Å²) in [5.41, 5.74) is 0.379. The van der Waals surface area contributed by atoms with Gasteiger partial charge in [0.15, 0.2) is 5.72 Å². The van der Waals surface area contributed by atoms with Gasteiger partial charge in [-0.05, 0) is 19.9 Å². The first-order chi connectivity index (χ1) is 7.00. The molecule has 15 heavy (non-hydrogen) atoms. The lowest BCUT2D eigenvalue weighted by molar-refractivity contribution is -0.142. The van der Waals surface area contributed by atoms with Crippen molar-refractivity contribution >= 4 is 5.91 Å². The average Bonchev–Trinajstić information content (AvgIpc) is 2.26. The molecule has 2 rings (SSSR count). The standard InChI is InChI=1S/C12H15NO2/c1-12(2)13(3)11(14)8-9-6-4-5-7-10(9)15-12/h4-7H,8H2,1-3H3. The van der Waals surface area contributed by atoms with E-state index in [0.29, 0.717) is 6.42 Å². The topological polar surface area (TPSA) is 29.5 Å². The Balaban J connectivity index is 2.46. The van der Waals surface area contributed by atoms with Gasteiger partial charge in [-0.15, -0.1) is 0 Å². The van der Waals surface area contributed by atoms with Crippen LogP contribution in [0.4, 0.5) is 0 Å². The van der Waals surface area contributed by atoms with Gasteiger partial charge in [0, 0.05) is 12.6 Å². The number of likely N-dealkylation sites (N-methyl/N-ethyl adjacent to an activating group) is 1. The fourth-order valence-corrected chi connectivity index (χ4v) is 1.67. The minimum Gasteiger partial charge on any atom is -0.468 e. The highest BCUT2D eigenvalue weighted by Crippen LogP contribution is 2.29. The van der Waals surface area contributed by atoms with Crippen LogP contribution in [-0.2, 0) is 11.2 Å². The average molecular weight is 205 g/mol. The maximum Gasteiger partial charge on any atom is 0.229 e. The fraction of sp³-hybridized carbons (Fsp3) is 0.417.